The van der Waals surface area contributed by atoms with Crippen molar-refractivity contribution in [3.63, 3.8) is 0 Å². The Hall–Kier alpha value is -3.65. The summed E-state index contributed by atoms with van der Waals surface area (Å²) in [6, 6.07) is 34.8. The molecule has 2 nitrogen and oxygen atoms in total. The smallest absolute Gasteiger partial charge is 0.213 e. The fourth-order valence-corrected chi connectivity index (χ4v) is 5.51. The number of allylic oxidation sites excluding steroid dienone is 1. The van der Waals surface area contributed by atoms with Crippen LogP contribution in [0, 0.1) is 0 Å². The van der Waals surface area contributed by atoms with Gasteiger partial charge in [0, 0.05) is 42.0 Å². The third kappa shape index (κ3) is 3.74. The number of fused-ring (bicyclic) bond motifs is 3. The highest BCUT2D eigenvalue weighted by Gasteiger charge is 2.46. The Balaban J connectivity index is 1.67. The first-order valence-electron chi connectivity index (χ1n) is 12.4. The van der Waals surface area contributed by atoms with E-state index in [2.05, 4.69) is 133 Å². The van der Waals surface area contributed by atoms with E-state index in [9.17, 15) is 0 Å². The van der Waals surface area contributed by atoms with Crippen LogP contribution in [-0.2, 0) is 12.0 Å². The van der Waals surface area contributed by atoms with Gasteiger partial charge in [0.25, 0.3) is 0 Å². The van der Waals surface area contributed by atoms with E-state index in [1.54, 1.807) is 0 Å². The Morgan fingerprint density at radius 3 is 2.09 bits per heavy atom. The molecule has 3 aromatic carbocycles. The summed E-state index contributed by atoms with van der Waals surface area (Å²) in [4.78, 5) is 2.34. The van der Waals surface area contributed by atoms with E-state index in [4.69, 9.17) is 0 Å². The van der Waals surface area contributed by atoms with Crippen LogP contribution in [0.2, 0.25) is 0 Å². The molecule has 1 unspecified atom stereocenters. The quantitative estimate of drug-likeness (QED) is 0.206. The van der Waals surface area contributed by atoms with Gasteiger partial charge >= 0.3 is 0 Å². The molecule has 0 radical (unpaired) electrons. The van der Waals surface area contributed by atoms with Gasteiger partial charge in [-0.05, 0) is 60.0 Å². The average molecular weight is 446 g/mol. The van der Waals surface area contributed by atoms with Crippen LogP contribution < -0.4 is 9.47 Å². The Bertz CT molecular complexity index is 1250. The molecule has 4 aromatic rings. The second-order valence-electron chi connectivity index (χ2n) is 9.22. The molecule has 0 bridgehead atoms. The number of benzene rings is 3. The van der Waals surface area contributed by atoms with Gasteiger partial charge in [0.2, 0.25) is 5.69 Å². The van der Waals surface area contributed by atoms with Crippen molar-refractivity contribution in [1.29, 1.82) is 0 Å². The number of rotatable bonds is 7. The van der Waals surface area contributed by atoms with Gasteiger partial charge in [0.05, 0.1) is 5.56 Å². The second kappa shape index (κ2) is 9.30. The normalized spacial score (nSPS) is 16.4. The van der Waals surface area contributed by atoms with Crippen molar-refractivity contribution in [3.8, 4) is 11.3 Å². The van der Waals surface area contributed by atoms with Gasteiger partial charge < -0.3 is 4.90 Å². The fourth-order valence-electron chi connectivity index (χ4n) is 5.51. The van der Waals surface area contributed by atoms with E-state index in [0.29, 0.717) is 0 Å². The monoisotopic (exact) mass is 445 g/mol. The van der Waals surface area contributed by atoms with Gasteiger partial charge in [-0.25, -0.2) is 0 Å². The van der Waals surface area contributed by atoms with Gasteiger partial charge in [0.1, 0.15) is 0 Å². The number of hydrogen-bond donors (Lipinski definition) is 0. The van der Waals surface area contributed by atoms with Crippen LogP contribution >= 0.6 is 0 Å². The lowest BCUT2D eigenvalue weighted by Crippen LogP contribution is -2.61. The van der Waals surface area contributed by atoms with Gasteiger partial charge in [0.15, 0.2) is 11.7 Å². The minimum atomic E-state index is -0.0698. The molecule has 5 rings (SSSR count). The molecular weight excluding hydrogens is 412 g/mol. The molecule has 170 valence electrons. The second-order valence-corrected chi connectivity index (χ2v) is 9.22. The summed E-state index contributed by atoms with van der Waals surface area (Å²) in [7, 11) is 0. The van der Waals surface area contributed by atoms with Crippen LogP contribution in [0.15, 0.2) is 115 Å². The Kier molecular flexibility index (Phi) is 6.06. The maximum absolute atomic E-state index is 4.58. The molecule has 0 aliphatic carbocycles. The Labute approximate surface area is 203 Å². The Morgan fingerprint density at radius 2 is 1.47 bits per heavy atom. The summed E-state index contributed by atoms with van der Waals surface area (Å²) in [6.07, 6.45) is 6.45. The largest absolute Gasteiger partial charge is 0.310 e. The lowest BCUT2D eigenvalue weighted by atomic mass is 9.75. The van der Waals surface area contributed by atoms with Crippen LogP contribution in [0.5, 0.6) is 0 Å². The van der Waals surface area contributed by atoms with E-state index in [1.807, 2.05) is 0 Å². The van der Waals surface area contributed by atoms with Crippen molar-refractivity contribution in [1.82, 2.24) is 0 Å². The lowest BCUT2D eigenvalue weighted by molar-refractivity contribution is -0.748. The van der Waals surface area contributed by atoms with Crippen LogP contribution in [0.25, 0.3) is 11.3 Å². The lowest BCUT2D eigenvalue weighted by Gasteiger charge is -2.36. The number of anilines is 3. The first-order chi connectivity index (χ1) is 16.7. The van der Waals surface area contributed by atoms with Crippen molar-refractivity contribution >= 4 is 17.1 Å². The minimum Gasteiger partial charge on any atom is -0.310 e. The zero-order valence-electron chi connectivity index (χ0n) is 20.2. The first-order valence-corrected chi connectivity index (χ1v) is 12.4. The maximum Gasteiger partial charge on any atom is 0.213 e. The first kappa shape index (κ1) is 22.2. The van der Waals surface area contributed by atoms with E-state index in [-0.39, 0.29) is 5.54 Å². The highest BCUT2D eigenvalue weighted by Crippen LogP contribution is 2.42. The van der Waals surface area contributed by atoms with Crippen LogP contribution in [0.1, 0.15) is 38.7 Å². The highest BCUT2D eigenvalue weighted by atomic mass is 15.1. The van der Waals surface area contributed by atoms with Crippen molar-refractivity contribution in [2.24, 2.45) is 0 Å². The predicted octanol–water partition coefficient (Wildman–Crippen LogP) is 8.13. The summed E-state index contributed by atoms with van der Waals surface area (Å²) in [5.74, 6) is 0. The molecule has 0 saturated carbocycles. The molecule has 34 heavy (non-hydrogen) atoms. The molecule has 0 spiro atoms. The topological polar surface area (TPSA) is 7.12 Å². The van der Waals surface area contributed by atoms with Crippen molar-refractivity contribution in [2.75, 3.05) is 4.90 Å². The summed E-state index contributed by atoms with van der Waals surface area (Å²) in [6.45, 7) is 9.13. The van der Waals surface area contributed by atoms with Crippen molar-refractivity contribution in [3.05, 3.63) is 121 Å². The van der Waals surface area contributed by atoms with Crippen LogP contribution in [0.3, 0.4) is 0 Å². The zero-order valence-corrected chi connectivity index (χ0v) is 20.2. The number of para-hydroxylation sites is 2. The molecular formula is C32H33N2+. The molecule has 1 aromatic heterocycles. The number of hydrogen-bond acceptors (Lipinski definition) is 1. The molecule has 0 saturated heterocycles. The standard InChI is InChI=1S/C32H33N2/c1-4-14-25(3)32(5-2)24-26-20-21-29(23-30(26)31-19-12-13-22-33(31)32)34(27-15-8-6-9-16-27)28-17-10-7-11-18-28/h6-13,15-23H,3-5,14,24H2,1-2H3/q+1. The van der Waals surface area contributed by atoms with E-state index in [0.717, 1.165) is 37.1 Å². The summed E-state index contributed by atoms with van der Waals surface area (Å²) in [5.41, 5.74) is 8.72. The van der Waals surface area contributed by atoms with E-state index in [1.165, 1.54) is 28.1 Å². The molecule has 2 heteroatoms. The summed E-state index contributed by atoms with van der Waals surface area (Å²) < 4.78 is 2.49. The highest BCUT2D eigenvalue weighted by molar-refractivity contribution is 5.80. The van der Waals surface area contributed by atoms with Crippen molar-refractivity contribution < 1.29 is 4.57 Å². The maximum atomic E-state index is 4.58. The average Bonchev–Trinajstić information content (AvgIpc) is 2.90. The molecule has 0 amide bonds. The minimum absolute atomic E-state index is 0.0698. The number of aromatic nitrogens is 1. The van der Waals surface area contributed by atoms with E-state index >= 15 is 0 Å². The molecule has 2 heterocycles. The number of nitrogens with zero attached hydrogens (tertiary/aromatic N) is 2. The summed E-state index contributed by atoms with van der Waals surface area (Å²) >= 11 is 0. The predicted molar refractivity (Wildman–Crippen MR) is 143 cm³/mol. The van der Waals surface area contributed by atoms with Crippen LogP contribution in [0.4, 0.5) is 17.1 Å². The third-order valence-electron chi connectivity index (χ3n) is 7.26. The van der Waals surface area contributed by atoms with Gasteiger partial charge in [-0.1, -0.05) is 69.3 Å². The third-order valence-corrected chi connectivity index (χ3v) is 7.26. The molecule has 0 N–H and O–H groups in total. The van der Waals surface area contributed by atoms with Gasteiger partial charge in [-0.2, -0.15) is 4.57 Å². The molecule has 1 atom stereocenters. The van der Waals surface area contributed by atoms with Crippen LogP contribution in [-0.4, -0.2) is 0 Å². The zero-order chi connectivity index (χ0) is 23.5. The molecule has 1 aliphatic rings. The molecule has 0 fully saturated rings. The van der Waals surface area contributed by atoms with E-state index < -0.39 is 0 Å². The SMILES string of the molecule is C=C(CCC)C1(CC)Cc2ccc(N(c3ccccc3)c3ccccc3)cc2-c2cccc[n+]21. The van der Waals surface area contributed by atoms with Gasteiger partial charge in [-0.15, -0.1) is 0 Å². The fraction of sp³-hybridized carbons (Fsp3) is 0.219. The summed E-state index contributed by atoms with van der Waals surface area (Å²) in [5, 5.41) is 0. The Morgan fingerprint density at radius 1 is 0.824 bits per heavy atom. The molecule has 1 aliphatic heterocycles. The van der Waals surface area contributed by atoms with Gasteiger partial charge in [-0.3, -0.25) is 0 Å². The van der Waals surface area contributed by atoms with Crippen molar-refractivity contribution in [2.45, 2.75) is 45.1 Å². The number of pyridine rings is 1.